The number of carbonyl (C=O) groups excluding carboxylic acids is 2. The number of likely N-dealkylation sites (N-methyl/N-ethyl adjacent to an activating group) is 1. The third-order valence-electron chi connectivity index (χ3n) is 6.62. The van der Waals surface area contributed by atoms with E-state index in [0.717, 1.165) is 30.5 Å². The molecule has 190 valence electrons. The summed E-state index contributed by atoms with van der Waals surface area (Å²) in [6.07, 6.45) is 2.50. The molecule has 0 aliphatic heterocycles. The summed E-state index contributed by atoms with van der Waals surface area (Å²) in [5.41, 5.74) is 3.18. The molecule has 0 fully saturated rings. The van der Waals surface area contributed by atoms with Gasteiger partial charge in [-0.15, -0.1) is 11.3 Å². The number of aromatic nitrogens is 1. The summed E-state index contributed by atoms with van der Waals surface area (Å²) in [5.74, 6) is 0.113. The van der Waals surface area contributed by atoms with Crippen molar-refractivity contribution >= 4 is 50.6 Å². The normalized spacial score (nSPS) is 11.4. The highest BCUT2D eigenvalue weighted by atomic mass is 32.1. The van der Waals surface area contributed by atoms with E-state index < -0.39 is 0 Å². The van der Waals surface area contributed by atoms with Gasteiger partial charge in [0.25, 0.3) is 0 Å². The number of hydrogen-bond donors (Lipinski definition) is 1. The zero-order valence-corrected chi connectivity index (χ0v) is 22.3. The van der Waals surface area contributed by atoms with Gasteiger partial charge in [0.1, 0.15) is 0 Å². The average Bonchev–Trinajstić information content (AvgIpc) is 3.51. The Morgan fingerprint density at radius 3 is 2.53 bits per heavy atom. The number of amides is 2. The fourth-order valence-electron chi connectivity index (χ4n) is 4.65. The molecule has 0 aliphatic carbocycles. The van der Waals surface area contributed by atoms with Crippen LogP contribution in [0.5, 0.6) is 0 Å². The van der Waals surface area contributed by atoms with Crippen molar-refractivity contribution in [1.82, 2.24) is 14.4 Å². The molecule has 0 spiro atoms. The predicted molar refractivity (Wildman–Crippen MR) is 151 cm³/mol. The highest BCUT2D eigenvalue weighted by molar-refractivity contribution is 7.09. The maximum Gasteiger partial charge on any atom is 0.238 e. The van der Waals surface area contributed by atoms with E-state index in [2.05, 4.69) is 76.5 Å². The highest BCUT2D eigenvalue weighted by Crippen LogP contribution is 2.31. The lowest BCUT2D eigenvalue weighted by Crippen LogP contribution is -2.39. The number of rotatable bonds is 12. The summed E-state index contributed by atoms with van der Waals surface area (Å²) in [6, 6.07) is 18.7. The molecule has 36 heavy (non-hydrogen) atoms. The van der Waals surface area contributed by atoms with Gasteiger partial charge in [-0.2, -0.15) is 0 Å². The smallest absolute Gasteiger partial charge is 0.238 e. The monoisotopic (exact) mass is 504 g/mol. The first-order chi connectivity index (χ1) is 17.5. The maximum absolute atomic E-state index is 13.1. The highest BCUT2D eigenvalue weighted by Gasteiger charge is 2.16. The van der Waals surface area contributed by atoms with Crippen LogP contribution in [0.15, 0.2) is 60.0 Å². The fourth-order valence-corrected chi connectivity index (χ4v) is 5.39. The number of nitrogens with zero attached hydrogens (tertiary/aromatic N) is 3. The fraction of sp³-hybridized carbons (Fsp3) is 0.379. The van der Waals surface area contributed by atoms with Gasteiger partial charge in [-0.25, -0.2) is 0 Å². The molecule has 0 atom stereocenters. The van der Waals surface area contributed by atoms with Gasteiger partial charge in [0, 0.05) is 72.0 Å². The Labute approximate surface area is 217 Å². The number of nitrogens with one attached hydrogen (secondary N) is 1. The van der Waals surface area contributed by atoms with Crippen LogP contribution in [-0.2, 0) is 22.7 Å². The number of aryl methyl sites for hydroxylation is 1. The molecular formula is C29H36N4O2S. The Bertz CT molecular complexity index is 1310. The number of carbonyl (C=O) groups is 2. The SMILES string of the molecule is CCCCC(=O)N(C)CCN(CC(=O)Nc1ccc2c(c1)c1ccccc1n2CC)Cc1cccs1. The molecule has 4 aromatic rings. The van der Waals surface area contributed by atoms with Gasteiger partial charge < -0.3 is 14.8 Å². The van der Waals surface area contributed by atoms with Crippen molar-refractivity contribution < 1.29 is 9.59 Å². The van der Waals surface area contributed by atoms with Crippen LogP contribution in [0.25, 0.3) is 21.8 Å². The molecule has 4 rings (SSSR count). The Morgan fingerprint density at radius 1 is 0.972 bits per heavy atom. The van der Waals surface area contributed by atoms with E-state index in [1.165, 1.54) is 21.3 Å². The second-order valence-corrected chi connectivity index (χ2v) is 10.3. The van der Waals surface area contributed by atoms with Crippen molar-refractivity contribution in [3.63, 3.8) is 0 Å². The molecule has 0 aliphatic rings. The minimum Gasteiger partial charge on any atom is -0.344 e. The minimum atomic E-state index is -0.0508. The summed E-state index contributed by atoms with van der Waals surface area (Å²) in [6.45, 7) is 7.33. The largest absolute Gasteiger partial charge is 0.344 e. The van der Waals surface area contributed by atoms with Crippen LogP contribution in [0.3, 0.4) is 0 Å². The Morgan fingerprint density at radius 2 is 1.78 bits per heavy atom. The summed E-state index contributed by atoms with van der Waals surface area (Å²) >= 11 is 1.68. The number of para-hydroxylation sites is 1. The summed E-state index contributed by atoms with van der Waals surface area (Å²) in [5, 5.41) is 7.50. The quantitative estimate of drug-likeness (QED) is 0.259. The van der Waals surface area contributed by atoms with Gasteiger partial charge in [-0.05, 0) is 49.1 Å². The van der Waals surface area contributed by atoms with E-state index in [9.17, 15) is 9.59 Å². The summed E-state index contributed by atoms with van der Waals surface area (Å²) in [7, 11) is 1.85. The Balaban J connectivity index is 1.45. The second kappa shape index (κ2) is 12.2. The summed E-state index contributed by atoms with van der Waals surface area (Å²) in [4.78, 5) is 30.6. The molecule has 0 bridgehead atoms. The van der Waals surface area contributed by atoms with Crippen LogP contribution in [0.2, 0.25) is 0 Å². The first-order valence-corrected chi connectivity index (χ1v) is 13.7. The second-order valence-electron chi connectivity index (χ2n) is 9.25. The first-order valence-electron chi connectivity index (χ1n) is 12.8. The van der Waals surface area contributed by atoms with Gasteiger partial charge in [0.2, 0.25) is 11.8 Å². The van der Waals surface area contributed by atoms with Crippen LogP contribution >= 0.6 is 11.3 Å². The van der Waals surface area contributed by atoms with Crippen molar-refractivity contribution in [3.05, 3.63) is 64.9 Å². The van der Waals surface area contributed by atoms with E-state index in [1.807, 2.05) is 19.2 Å². The molecule has 0 radical (unpaired) electrons. The van der Waals surface area contributed by atoms with Crippen LogP contribution in [0.4, 0.5) is 5.69 Å². The van der Waals surface area contributed by atoms with Crippen LogP contribution in [0.1, 0.15) is 38.0 Å². The zero-order valence-electron chi connectivity index (χ0n) is 21.5. The number of benzene rings is 2. The molecule has 2 amide bonds. The van der Waals surface area contributed by atoms with Gasteiger partial charge >= 0.3 is 0 Å². The van der Waals surface area contributed by atoms with Gasteiger partial charge in [-0.1, -0.05) is 37.6 Å². The van der Waals surface area contributed by atoms with Crippen molar-refractivity contribution in [2.75, 3.05) is 32.0 Å². The topological polar surface area (TPSA) is 57.6 Å². The number of thiophene rings is 1. The van der Waals surface area contributed by atoms with Crippen LogP contribution in [-0.4, -0.2) is 52.9 Å². The maximum atomic E-state index is 13.1. The van der Waals surface area contributed by atoms with Crippen molar-refractivity contribution in [2.45, 2.75) is 46.2 Å². The lowest BCUT2D eigenvalue weighted by Gasteiger charge is -2.25. The van der Waals surface area contributed by atoms with Crippen LogP contribution in [0, 0.1) is 0 Å². The van der Waals surface area contributed by atoms with Crippen LogP contribution < -0.4 is 5.32 Å². The number of fused-ring (bicyclic) bond motifs is 3. The number of anilines is 1. The van der Waals surface area contributed by atoms with Crippen molar-refractivity contribution in [3.8, 4) is 0 Å². The predicted octanol–water partition coefficient (Wildman–Crippen LogP) is 5.97. The standard InChI is InChI=1S/C29H36N4O2S/c1-4-6-13-29(35)31(3)16-17-32(20-23-10-9-18-36-23)21-28(34)30-22-14-15-27-25(19-22)24-11-7-8-12-26(24)33(27)5-2/h7-12,14-15,18-19H,4-6,13,16-17,20-21H2,1-3H3,(H,30,34). The Hall–Kier alpha value is -3.16. The van der Waals surface area contributed by atoms with Gasteiger partial charge in [0.15, 0.2) is 0 Å². The van der Waals surface area contributed by atoms with Crippen molar-refractivity contribution in [1.29, 1.82) is 0 Å². The summed E-state index contributed by atoms with van der Waals surface area (Å²) < 4.78 is 2.30. The minimum absolute atomic E-state index is 0.0508. The third kappa shape index (κ3) is 6.15. The molecule has 6 nitrogen and oxygen atoms in total. The molecule has 2 aromatic carbocycles. The number of unbranched alkanes of at least 4 members (excludes halogenated alkanes) is 1. The zero-order chi connectivity index (χ0) is 25.5. The van der Waals surface area contributed by atoms with Gasteiger partial charge in [0.05, 0.1) is 6.54 Å². The van der Waals surface area contributed by atoms with E-state index in [0.29, 0.717) is 26.1 Å². The van der Waals surface area contributed by atoms with Crippen molar-refractivity contribution in [2.24, 2.45) is 0 Å². The van der Waals surface area contributed by atoms with Gasteiger partial charge in [-0.3, -0.25) is 14.5 Å². The lowest BCUT2D eigenvalue weighted by molar-refractivity contribution is -0.130. The number of hydrogen-bond acceptors (Lipinski definition) is 4. The third-order valence-corrected chi connectivity index (χ3v) is 7.48. The molecule has 0 saturated heterocycles. The molecule has 0 unspecified atom stereocenters. The van der Waals surface area contributed by atoms with E-state index in [1.54, 1.807) is 16.2 Å². The molecule has 2 heterocycles. The van der Waals surface area contributed by atoms with E-state index >= 15 is 0 Å². The first kappa shape index (κ1) is 25.9. The van der Waals surface area contributed by atoms with E-state index in [-0.39, 0.29) is 18.4 Å². The molecule has 7 heteroatoms. The Kier molecular flexibility index (Phi) is 8.78. The molecule has 0 saturated carbocycles. The van der Waals surface area contributed by atoms with E-state index in [4.69, 9.17) is 0 Å². The average molecular weight is 505 g/mol. The molecular weight excluding hydrogens is 468 g/mol. The molecule has 2 aromatic heterocycles. The lowest BCUT2D eigenvalue weighted by atomic mass is 10.1. The molecule has 1 N–H and O–H groups in total.